The molecule has 0 saturated carbocycles. The number of hydrogen-bond acceptors (Lipinski definition) is 4. The molecule has 3 unspecified atom stereocenters. The minimum atomic E-state index is 0.271. The van der Waals surface area contributed by atoms with Crippen LogP contribution in [-0.2, 0) is 11.3 Å². The van der Waals surface area contributed by atoms with Crippen molar-refractivity contribution in [2.75, 3.05) is 30.3 Å². The van der Waals surface area contributed by atoms with Gasteiger partial charge in [-0.15, -0.1) is 0 Å². The molecule has 0 aromatic heterocycles. The molecule has 136 valence electrons. The average molecular weight is 349 g/mol. The number of rotatable bonds is 1. The molecule has 1 fully saturated rings. The lowest BCUT2D eigenvalue weighted by molar-refractivity contribution is 0.109. The maximum Gasteiger partial charge on any atom is 0.0785 e. The molecular weight excluding hydrogens is 322 g/mol. The molecule has 3 atom stereocenters. The van der Waals surface area contributed by atoms with Crippen LogP contribution >= 0.6 is 0 Å². The SMILES string of the molecule is Cc1cccc(C)c1C1COCc2cc(N)cc3c2N1C1CCNCC31. The Kier molecular flexibility index (Phi) is 3.73. The number of hydrogen-bond donors (Lipinski definition) is 2. The first-order valence-corrected chi connectivity index (χ1v) is 9.70. The first-order chi connectivity index (χ1) is 12.6. The van der Waals surface area contributed by atoms with Gasteiger partial charge in [-0.05, 0) is 61.2 Å². The second-order valence-electron chi connectivity index (χ2n) is 8.03. The van der Waals surface area contributed by atoms with E-state index in [9.17, 15) is 0 Å². The second-order valence-corrected chi connectivity index (χ2v) is 8.03. The van der Waals surface area contributed by atoms with Gasteiger partial charge >= 0.3 is 0 Å². The number of ether oxygens (including phenoxy) is 1. The van der Waals surface area contributed by atoms with Gasteiger partial charge in [-0.1, -0.05) is 18.2 Å². The highest BCUT2D eigenvalue weighted by atomic mass is 16.5. The summed E-state index contributed by atoms with van der Waals surface area (Å²) in [4.78, 5) is 2.69. The van der Waals surface area contributed by atoms with Gasteiger partial charge in [0, 0.05) is 35.4 Å². The Morgan fingerprint density at radius 2 is 2.00 bits per heavy atom. The van der Waals surface area contributed by atoms with Crippen LogP contribution in [0.5, 0.6) is 0 Å². The van der Waals surface area contributed by atoms with E-state index < -0.39 is 0 Å². The Balaban J connectivity index is 1.72. The van der Waals surface area contributed by atoms with Gasteiger partial charge in [-0.2, -0.15) is 0 Å². The molecule has 3 N–H and O–H groups in total. The van der Waals surface area contributed by atoms with Gasteiger partial charge in [-0.3, -0.25) is 0 Å². The molecule has 0 amide bonds. The molecule has 0 spiro atoms. The molecule has 2 aromatic carbocycles. The normalized spacial score (nSPS) is 27.0. The first-order valence-electron chi connectivity index (χ1n) is 9.70. The van der Waals surface area contributed by atoms with Crippen LogP contribution in [0.25, 0.3) is 0 Å². The number of anilines is 2. The highest BCUT2D eigenvalue weighted by Crippen LogP contribution is 2.51. The van der Waals surface area contributed by atoms with Crippen LogP contribution in [0, 0.1) is 13.8 Å². The molecule has 2 aromatic rings. The van der Waals surface area contributed by atoms with Crippen molar-refractivity contribution in [1.29, 1.82) is 0 Å². The Labute approximate surface area is 155 Å². The summed E-state index contributed by atoms with van der Waals surface area (Å²) in [6.45, 7) is 7.96. The van der Waals surface area contributed by atoms with Crippen LogP contribution in [0.4, 0.5) is 11.4 Å². The highest BCUT2D eigenvalue weighted by Gasteiger charge is 2.45. The molecule has 4 nitrogen and oxygen atoms in total. The molecule has 26 heavy (non-hydrogen) atoms. The zero-order chi connectivity index (χ0) is 17.8. The lowest BCUT2D eigenvalue weighted by Gasteiger charge is -2.39. The number of nitrogens with one attached hydrogen (secondary N) is 1. The van der Waals surface area contributed by atoms with Gasteiger partial charge in [0.15, 0.2) is 0 Å². The summed E-state index contributed by atoms with van der Waals surface area (Å²) in [5.41, 5.74) is 15.3. The smallest absolute Gasteiger partial charge is 0.0785 e. The van der Waals surface area contributed by atoms with Crippen molar-refractivity contribution in [3.05, 3.63) is 58.1 Å². The third kappa shape index (κ3) is 2.29. The number of nitrogens with two attached hydrogens (primary N) is 1. The summed E-state index contributed by atoms with van der Waals surface area (Å²) in [7, 11) is 0. The standard InChI is InChI=1S/C22H27N3O/c1-13-4-3-5-14(2)21(13)20-12-26-11-15-8-16(23)9-17-18-10-24-7-6-19(18)25(20)22(15)17/h3-5,8-9,18-20,24H,6-7,10-12,23H2,1-2H3. The van der Waals surface area contributed by atoms with E-state index in [4.69, 9.17) is 10.5 Å². The third-order valence-electron chi connectivity index (χ3n) is 6.45. The van der Waals surface area contributed by atoms with Gasteiger partial charge in [0.25, 0.3) is 0 Å². The Hall–Kier alpha value is -2.04. The van der Waals surface area contributed by atoms with Crippen molar-refractivity contribution in [2.24, 2.45) is 0 Å². The minimum absolute atomic E-state index is 0.271. The van der Waals surface area contributed by atoms with Crippen LogP contribution in [0.15, 0.2) is 30.3 Å². The highest BCUT2D eigenvalue weighted by molar-refractivity contribution is 5.72. The lowest BCUT2D eigenvalue weighted by atomic mass is 9.88. The van der Waals surface area contributed by atoms with Crippen LogP contribution in [-0.4, -0.2) is 25.7 Å². The molecule has 3 aliphatic heterocycles. The largest absolute Gasteiger partial charge is 0.399 e. The molecule has 5 rings (SSSR count). The number of aryl methyl sites for hydroxylation is 2. The number of nitrogen functional groups attached to an aromatic ring is 1. The number of fused-ring (bicyclic) bond motifs is 3. The van der Waals surface area contributed by atoms with E-state index in [0.717, 1.165) is 25.4 Å². The number of benzene rings is 2. The fraction of sp³-hybridized carbons (Fsp3) is 0.455. The monoisotopic (exact) mass is 349 g/mol. The maximum atomic E-state index is 6.25. The molecule has 3 aliphatic rings. The first kappa shape index (κ1) is 16.2. The molecule has 1 saturated heterocycles. The quantitative estimate of drug-likeness (QED) is 0.775. The van der Waals surface area contributed by atoms with Gasteiger partial charge < -0.3 is 20.7 Å². The summed E-state index contributed by atoms with van der Waals surface area (Å²) in [6.07, 6.45) is 1.17. The van der Waals surface area contributed by atoms with Gasteiger partial charge in [-0.25, -0.2) is 0 Å². The number of piperidine rings is 1. The van der Waals surface area contributed by atoms with Crippen LogP contribution in [0.1, 0.15) is 46.2 Å². The van der Waals surface area contributed by atoms with Crippen molar-refractivity contribution >= 4 is 11.4 Å². The Morgan fingerprint density at radius 3 is 2.81 bits per heavy atom. The van der Waals surface area contributed by atoms with Crippen molar-refractivity contribution in [2.45, 2.75) is 44.9 Å². The van der Waals surface area contributed by atoms with Crippen LogP contribution in [0.3, 0.4) is 0 Å². The molecule has 0 bridgehead atoms. The minimum Gasteiger partial charge on any atom is -0.399 e. The zero-order valence-corrected chi connectivity index (χ0v) is 15.6. The Morgan fingerprint density at radius 1 is 1.19 bits per heavy atom. The van der Waals surface area contributed by atoms with Gasteiger partial charge in [0.1, 0.15) is 0 Å². The van der Waals surface area contributed by atoms with E-state index in [1.165, 1.54) is 39.9 Å². The number of nitrogens with zero attached hydrogens (tertiary/aromatic N) is 1. The van der Waals surface area contributed by atoms with Gasteiger partial charge in [0.2, 0.25) is 0 Å². The Bertz CT molecular complexity index is 842. The summed E-state index contributed by atoms with van der Waals surface area (Å²) in [5.74, 6) is 0.519. The summed E-state index contributed by atoms with van der Waals surface area (Å²) in [5, 5.41) is 3.60. The topological polar surface area (TPSA) is 50.5 Å². The van der Waals surface area contributed by atoms with Crippen molar-refractivity contribution < 1.29 is 4.74 Å². The van der Waals surface area contributed by atoms with Crippen LogP contribution < -0.4 is 16.0 Å². The van der Waals surface area contributed by atoms with E-state index in [1.807, 2.05) is 0 Å². The van der Waals surface area contributed by atoms with Crippen LogP contribution in [0.2, 0.25) is 0 Å². The zero-order valence-electron chi connectivity index (χ0n) is 15.6. The third-order valence-corrected chi connectivity index (χ3v) is 6.45. The fourth-order valence-electron chi connectivity index (χ4n) is 5.44. The van der Waals surface area contributed by atoms with Crippen molar-refractivity contribution in [1.82, 2.24) is 5.32 Å². The molecule has 4 heteroatoms. The fourth-order valence-corrected chi connectivity index (χ4v) is 5.44. The van der Waals surface area contributed by atoms with E-state index in [2.05, 4.69) is 54.4 Å². The lowest BCUT2D eigenvalue weighted by Crippen LogP contribution is -2.46. The molecule has 3 heterocycles. The summed E-state index contributed by atoms with van der Waals surface area (Å²) in [6, 6.07) is 11.7. The molecule has 0 aliphatic carbocycles. The van der Waals surface area contributed by atoms with E-state index in [1.54, 1.807) is 0 Å². The van der Waals surface area contributed by atoms with E-state index in [-0.39, 0.29) is 6.04 Å². The maximum absolute atomic E-state index is 6.25. The van der Waals surface area contributed by atoms with E-state index >= 15 is 0 Å². The molecular formula is C22H27N3O. The predicted octanol–water partition coefficient (Wildman–Crippen LogP) is 3.42. The summed E-state index contributed by atoms with van der Waals surface area (Å²) >= 11 is 0. The van der Waals surface area contributed by atoms with Crippen molar-refractivity contribution in [3.63, 3.8) is 0 Å². The average Bonchev–Trinajstić information content (AvgIpc) is 2.82. The summed E-state index contributed by atoms with van der Waals surface area (Å²) < 4.78 is 6.18. The van der Waals surface area contributed by atoms with E-state index in [0.29, 0.717) is 18.6 Å². The molecule has 0 radical (unpaired) electrons. The van der Waals surface area contributed by atoms with Crippen molar-refractivity contribution in [3.8, 4) is 0 Å². The predicted molar refractivity (Wildman–Crippen MR) is 106 cm³/mol. The van der Waals surface area contributed by atoms with Gasteiger partial charge in [0.05, 0.1) is 19.3 Å². The second kappa shape index (κ2) is 6.00.